The van der Waals surface area contributed by atoms with E-state index in [1.165, 1.54) is 20.8 Å². The Morgan fingerprint density at radius 3 is 1.45 bits per heavy atom. The maximum Gasteiger partial charge on any atom is 1.00 e. The maximum absolute atomic E-state index is 10.6. The molecule has 110 valence electrons. The van der Waals surface area contributed by atoms with Crippen molar-refractivity contribution >= 4 is 24.1 Å². The number of carbonyl (C=O) groups is 4. The van der Waals surface area contributed by atoms with E-state index in [9.17, 15) is 14.4 Å². The van der Waals surface area contributed by atoms with Crippen LogP contribution in [0.5, 0.6) is 0 Å². The van der Waals surface area contributed by atoms with Crippen LogP contribution in [0.4, 0.5) is 4.79 Å². The van der Waals surface area contributed by atoms with Crippen LogP contribution in [0.2, 0.25) is 0 Å². The molecule has 0 unspecified atom stereocenters. The number of esters is 3. The molecular weight excluding hydrogens is 287 g/mol. The van der Waals surface area contributed by atoms with Crippen molar-refractivity contribution in [3.05, 3.63) is 0 Å². The fraction of sp³-hybridized carbons (Fsp3) is 0.600. The maximum atomic E-state index is 10.6. The third-order valence-corrected chi connectivity index (χ3v) is 1.28. The van der Waals surface area contributed by atoms with Gasteiger partial charge in [-0.1, -0.05) is 0 Å². The molecule has 0 aliphatic carbocycles. The van der Waals surface area contributed by atoms with Crippen LogP contribution in [0.1, 0.15) is 20.8 Å². The second-order valence-corrected chi connectivity index (χ2v) is 3.10. The Morgan fingerprint density at radius 2 is 1.25 bits per heavy atom. The zero-order valence-corrected chi connectivity index (χ0v) is 13.7. The summed E-state index contributed by atoms with van der Waals surface area (Å²) in [6.07, 6.45) is -2.84. The van der Waals surface area contributed by atoms with Crippen LogP contribution in [-0.2, 0) is 28.6 Å². The Morgan fingerprint density at radius 1 is 0.950 bits per heavy atom. The summed E-state index contributed by atoms with van der Waals surface area (Å²) < 4.78 is 14.0. The molecule has 0 saturated carbocycles. The van der Waals surface area contributed by atoms with E-state index in [4.69, 9.17) is 19.7 Å². The first-order chi connectivity index (χ1) is 8.65. The fourth-order valence-corrected chi connectivity index (χ4v) is 0.771. The van der Waals surface area contributed by atoms with Crippen molar-refractivity contribution in [2.45, 2.75) is 26.9 Å². The van der Waals surface area contributed by atoms with Gasteiger partial charge in [-0.15, -0.1) is 0 Å². The first kappa shape index (κ1) is 23.7. The van der Waals surface area contributed by atoms with Crippen molar-refractivity contribution in [2.24, 2.45) is 0 Å². The predicted octanol–water partition coefficient (Wildman–Crippen LogP) is -4.06. The van der Waals surface area contributed by atoms with E-state index in [2.05, 4.69) is 9.47 Å². The van der Waals surface area contributed by atoms with Crippen molar-refractivity contribution in [3.8, 4) is 0 Å². The van der Waals surface area contributed by atoms with Gasteiger partial charge in [0.05, 0.1) is 0 Å². The average molecular weight is 302 g/mol. The van der Waals surface area contributed by atoms with Crippen LogP contribution >= 0.6 is 0 Å². The summed E-state index contributed by atoms with van der Waals surface area (Å²) in [5, 5.41) is 15.3. The molecule has 0 amide bonds. The minimum absolute atomic E-state index is 0. The minimum Gasteiger partial charge on any atom is -0.565 e. The normalized spacial score (nSPS) is 8.40. The molecule has 0 aromatic rings. The number of hydrogen-bond acceptors (Lipinski definition) is 8. The second kappa shape index (κ2) is 14.1. The number of hydrogen-bond donors (Lipinski definition) is 1. The van der Waals surface area contributed by atoms with Gasteiger partial charge in [0, 0.05) is 20.8 Å². The molecule has 0 aromatic carbocycles. The number of rotatable bonds is 5. The van der Waals surface area contributed by atoms with Crippen LogP contribution in [0.3, 0.4) is 0 Å². The van der Waals surface area contributed by atoms with Crippen LogP contribution in [-0.4, -0.2) is 48.5 Å². The molecule has 0 radical (unpaired) electrons. The standard InChI is InChI=1S/C9H14O6.CH2O3.Na/c1-6(10)13-4-9(15-8(3)12)5-14-7(2)11;2-1(3)4;/h9H,4-5H2,1-3H3;(H2,2,3,4);/q;;+1/p-1. The Bertz CT molecular complexity index is 307. The SMILES string of the molecule is CC(=O)OCC(COC(C)=O)OC(C)=O.O=C([O-])O.[Na+]. The summed E-state index contributed by atoms with van der Waals surface area (Å²) in [7, 11) is 0. The van der Waals surface area contributed by atoms with Gasteiger partial charge in [-0.25, -0.2) is 0 Å². The van der Waals surface area contributed by atoms with E-state index in [-0.39, 0.29) is 42.8 Å². The fourth-order valence-electron chi connectivity index (χ4n) is 0.771. The molecule has 20 heavy (non-hydrogen) atoms. The molecule has 9 nitrogen and oxygen atoms in total. The Labute approximate surface area is 137 Å². The quantitative estimate of drug-likeness (QED) is 0.305. The van der Waals surface area contributed by atoms with Gasteiger partial charge < -0.3 is 29.2 Å². The Hall–Kier alpha value is -1.32. The van der Waals surface area contributed by atoms with Gasteiger partial charge in [-0.2, -0.15) is 0 Å². The summed E-state index contributed by atoms with van der Waals surface area (Å²) in [6, 6.07) is 0. The van der Waals surface area contributed by atoms with Crippen molar-refractivity contribution in [2.75, 3.05) is 13.2 Å². The summed E-state index contributed by atoms with van der Waals surface area (Å²) in [6.45, 7) is 3.44. The monoisotopic (exact) mass is 302 g/mol. The van der Waals surface area contributed by atoms with Crippen molar-refractivity contribution in [1.82, 2.24) is 0 Å². The van der Waals surface area contributed by atoms with Gasteiger partial charge in [0.25, 0.3) is 0 Å². The Balaban J connectivity index is -0.000000508. The van der Waals surface area contributed by atoms with Gasteiger partial charge in [0.15, 0.2) is 6.10 Å². The van der Waals surface area contributed by atoms with E-state index < -0.39 is 30.2 Å². The molecule has 0 heterocycles. The molecule has 0 aromatic heterocycles. The van der Waals surface area contributed by atoms with Gasteiger partial charge in [0.1, 0.15) is 13.2 Å². The molecule has 0 atom stereocenters. The van der Waals surface area contributed by atoms with E-state index in [1.807, 2.05) is 0 Å². The summed E-state index contributed by atoms with van der Waals surface area (Å²) >= 11 is 0. The molecule has 0 aliphatic heterocycles. The van der Waals surface area contributed by atoms with E-state index in [1.54, 1.807) is 0 Å². The minimum atomic E-state index is -2.08. The van der Waals surface area contributed by atoms with Crippen molar-refractivity contribution in [1.29, 1.82) is 0 Å². The second-order valence-electron chi connectivity index (χ2n) is 3.10. The third-order valence-electron chi connectivity index (χ3n) is 1.28. The zero-order chi connectivity index (χ0) is 15.4. The van der Waals surface area contributed by atoms with Crippen molar-refractivity contribution < 1.29 is 73.2 Å². The number of carboxylic acid groups (broad SMARTS) is 2. The van der Waals surface area contributed by atoms with E-state index in [0.29, 0.717) is 0 Å². The molecular formula is C10H15NaO9. The summed E-state index contributed by atoms with van der Waals surface area (Å²) in [5.74, 6) is -1.51. The molecule has 0 bridgehead atoms. The summed E-state index contributed by atoms with van der Waals surface area (Å²) in [4.78, 5) is 40.1. The summed E-state index contributed by atoms with van der Waals surface area (Å²) in [5.41, 5.74) is 0. The first-order valence-corrected chi connectivity index (χ1v) is 4.99. The largest absolute Gasteiger partial charge is 1.00 e. The van der Waals surface area contributed by atoms with Gasteiger partial charge in [0.2, 0.25) is 6.16 Å². The smallest absolute Gasteiger partial charge is 0.565 e. The van der Waals surface area contributed by atoms with Crippen LogP contribution in [0, 0.1) is 0 Å². The molecule has 10 heteroatoms. The van der Waals surface area contributed by atoms with Crippen LogP contribution in [0.25, 0.3) is 0 Å². The average Bonchev–Trinajstić information content (AvgIpc) is 2.20. The number of carbonyl (C=O) groups excluding carboxylic acids is 3. The van der Waals surface area contributed by atoms with Crippen molar-refractivity contribution in [3.63, 3.8) is 0 Å². The zero-order valence-electron chi connectivity index (χ0n) is 11.7. The molecule has 0 saturated heterocycles. The predicted molar refractivity (Wildman–Crippen MR) is 56.8 cm³/mol. The molecule has 1 N–H and O–H groups in total. The Kier molecular flexibility index (Phi) is 16.7. The molecule has 0 spiro atoms. The first-order valence-electron chi connectivity index (χ1n) is 4.99. The third kappa shape index (κ3) is 25.5. The molecule has 0 rings (SSSR count). The number of ether oxygens (including phenoxy) is 3. The van der Waals surface area contributed by atoms with E-state index in [0.717, 1.165) is 0 Å². The molecule has 0 fully saturated rings. The van der Waals surface area contributed by atoms with Crippen LogP contribution in [0.15, 0.2) is 0 Å². The van der Waals surface area contributed by atoms with Gasteiger partial charge in [-0.3, -0.25) is 14.4 Å². The van der Waals surface area contributed by atoms with Crippen LogP contribution < -0.4 is 34.7 Å². The van der Waals surface area contributed by atoms with Gasteiger partial charge in [-0.05, 0) is 0 Å². The molecule has 0 aliphatic rings. The van der Waals surface area contributed by atoms with E-state index >= 15 is 0 Å². The van der Waals surface area contributed by atoms with Gasteiger partial charge >= 0.3 is 47.5 Å². The topological polar surface area (TPSA) is 139 Å².